The van der Waals surface area contributed by atoms with Gasteiger partial charge >= 0.3 is 6.18 Å². The minimum absolute atomic E-state index is 0.395. The van der Waals surface area contributed by atoms with Crippen molar-refractivity contribution < 1.29 is 13.2 Å². The van der Waals surface area contributed by atoms with Crippen molar-refractivity contribution >= 4 is 34.0 Å². The molecule has 2 nitrogen and oxygen atoms in total. The van der Waals surface area contributed by atoms with Gasteiger partial charge in [0.15, 0.2) is 0 Å². The Hall–Kier alpha value is -1.75. The van der Waals surface area contributed by atoms with E-state index in [1.807, 2.05) is 18.2 Å². The Morgan fingerprint density at radius 2 is 1.75 bits per heavy atom. The second-order valence-corrected chi connectivity index (χ2v) is 5.25. The van der Waals surface area contributed by atoms with Gasteiger partial charge in [-0.1, -0.05) is 6.07 Å². The summed E-state index contributed by atoms with van der Waals surface area (Å²) in [5.41, 5.74) is -0.126. The third kappa shape index (κ3) is 3.42. The van der Waals surface area contributed by atoms with E-state index in [9.17, 15) is 13.2 Å². The van der Waals surface area contributed by atoms with E-state index >= 15 is 0 Å². The fourth-order valence-corrected chi connectivity index (χ4v) is 2.24. The van der Waals surface area contributed by atoms with Crippen molar-refractivity contribution in [1.82, 2.24) is 0 Å². The number of hydrogen-bond acceptors (Lipinski definition) is 2. The van der Waals surface area contributed by atoms with Gasteiger partial charge in [0.25, 0.3) is 0 Å². The van der Waals surface area contributed by atoms with Gasteiger partial charge < -0.3 is 5.32 Å². The minimum Gasteiger partial charge on any atom is -0.355 e. The number of benzene rings is 2. The predicted molar refractivity (Wildman–Crippen MR) is 78.6 cm³/mol. The first-order valence-corrected chi connectivity index (χ1v) is 6.62. The zero-order chi connectivity index (χ0) is 14.8. The molecule has 0 bridgehead atoms. The highest BCUT2D eigenvalue weighted by Gasteiger charge is 2.33. The van der Waals surface area contributed by atoms with Crippen LogP contribution in [0.4, 0.5) is 24.5 Å². The van der Waals surface area contributed by atoms with Crippen molar-refractivity contribution in [2.24, 2.45) is 0 Å². The van der Waals surface area contributed by atoms with Crippen LogP contribution in [-0.4, -0.2) is 0 Å². The number of nitrogens with one attached hydrogen (secondary N) is 1. The van der Waals surface area contributed by atoms with Gasteiger partial charge in [-0.3, -0.25) is 0 Å². The fraction of sp³-hybridized carbons (Fsp3) is 0.0714. The summed E-state index contributed by atoms with van der Waals surface area (Å²) in [6.45, 7) is 0. The molecule has 0 saturated carbocycles. The van der Waals surface area contributed by atoms with Gasteiger partial charge in [-0.2, -0.15) is 18.4 Å². The van der Waals surface area contributed by atoms with Crippen LogP contribution in [-0.2, 0) is 6.18 Å². The molecular weight excluding hydrogens is 380 g/mol. The molecule has 20 heavy (non-hydrogen) atoms. The molecule has 0 saturated heterocycles. The summed E-state index contributed by atoms with van der Waals surface area (Å²) in [6, 6.07) is 12.4. The number of halogens is 4. The maximum Gasteiger partial charge on any atom is 0.417 e. The van der Waals surface area contributed by atoms with Crippen LogP contribution in [0.15, 0.2) is 42.5 Å². The zero-order valence-corrected chi connectivity index (χ0v) is 12.2. The average molecular weight is 388 g/mol. The summed E-state index contributed by atoms with van der Waals surface area (Å²) in [6.07, 6.45) is -4.52. The summed E-state index contributed by atoms with van der Waals surface area (Å²) in [4.78, 5) is 0. The van der Waals surface area contributed by atoms with Crippen LogP contribution in [0.5, 0.6) is 0 Å². The molecule has 102 valence electrons. The first-order chi connectivity index (χ1) is 9.40. The van der Waals surface area contributed by atoms with Crippen LogP contribution in [0.2, 0.25) is 0 Å². The van der Waals surface area contributed by atoms with Crippen LogP contribution < -0.4 is 5.32 Å². The molecule has 6 heteroatoms. The highest BCUT2D eigenvalue weighted by molar-refractivity contribution is 14.1. The number of hydrogen-bond donors (Lipinski definition) is 1. The van der Waals surface area contributed by atoms with Gasteiger partial charge in [0.05, 0.1) is 17.2 Å². The number of nitriles is 1. The average Bonchev–Trinajstić information content (AvgIpc) is 2.37. The Morgan fingerprint density at radius 3 is 2.35 bits per heavy atom. The lowest BCUT2D eigenvalue weighted by Gasteiger charge is -2.11. The zero-order valence-electron chi connectivity index (χ0n) is 10.0. The molecule has 2 rings (SSSR count). The number of nitrogens with zero attached hydrogens (tertiary/aromatic N) is 1. The van der Waals surface area contributed by atoms with Crippen molar-refractivity contribution in [3.8, 4) is 6.07 Å². The van der Waals surface area contributed by atoms with E-state index in [0.717, 1.165) is 15.3 Å². The second-order valence-electron chi connectivity index (χ2n) is 4.01. The van der Waals surface area contributed by atoms with Gasteiger partial charge in [-0.05, 0) is 59.0 Å². The van der Waals surface area contributed by atoms with Gasteiger partial charge in [-0.15, -0.1) is 0 Å². The van der Waals surface area contributed by atoms with Crippen LogP contribution in [0.25, 0.3) is 0 Å². The molecule has 2 aromatic carbocycles. The molecule has 0 heterocycles. The largest absolute Gasteiger partial charge is 0.417 e. The summed E-state index contributed by atoms with van der Waals surface area (Å²) < 4.78 is 39.0. The van der Waals surface area contributed by atoms with E-state index < -0.39 is 17.3 Å². The first-order valence-electron chi connectivity index (χ1n) is 5.54. The molecule has 2 aromatic rings. The molecule has 0 spiro atoms. The lowest BCUT2D eigenvalue weighted by atomic mass is 10.1. The maximum atomic E-state index is 12.7. The summed E-state index contributed by atoms with van der Waals surface area (Å²) in [5, 5.41) is 11.8. The van der Waals surface area contributed by atoms with E-state index in [0.29, 0.717) is 5.69 Å². The topological polar surface area (TPSA) is 35.8 Å². The van der Waals surface area contributed by atoms with Crippen molar-refractivity contribution in [3.63, 3.8) is 0 Å². The number of anilines is 2. The highest BCUT2D eigenvalue weighted by atomic mass is 127. The normalized spacial score (nSPS) is 10.9. The molecule has 0 aliphatic carbocycles. The molecule has 0 unspecified atom stereocenters. The highest BCUT2D eigenvalue weighted by Crippen LogP contribution is 2.33. The van der Waals surface area contributed by atoms with Gasteiger partial charge in [0, 0.05) is 14.9 Å². The third-order valence-electron chi connectivity index (χ3n) is 2.56. The Balaban J connectivity index is 2.34. The molecule has 0 radical (unpaired) electrons. The minimum atomic E-state index is -4.52. The van der Waals surface area contributed by atoms with E-state index in [2.05, 4.69) is 27.9 Å². The van der Waals surface area contributed by atoms with Crippen LogP contribution >= 0.6 is 22.6 Å². The summed E-state index contributed by atoms with van der Waals surface area (Å²) >= 11 is 2.14. The lowest BCUT2D eigenvalue weighted by molar-refractivity contribution is -0.137. The molecule has 0 aliphatic heterocycles. The van der Waals surface area contributed by atoms with E-state index in [-0.39, 0.29) is 0 Å². The molecular formula is C14H8F3IN2. The van der Waals surface area contributed by atoms with E-state index in [1.165, 1.54) is 12.1 Å². The van der Waals surface area contributed by atoms with E-state index in [4.69, 9.17) is 5.26 Å². The van der Waals surface area contributed by atoms with Crippen molar-refractivity contribution in [2.75, 3.05) is 5.32 Å². The fourth-order valence-electron chi connectivity index (χ4n) is 1.69. The predicted octanol–water partition coefficient (Wildman–Crippen LogP) is 4.93. The lowest BCUT2D eigenvalue weighted by Crippen LogP contribution is -2.08. The van der Waals surface area contributed by atoms with Gasteiger partial charge in [0.2, 0.25) is 0 Å². The first kappa shape index (κ1) is 14.7. The Morgan fingerprint density at radius 1 is 1.05 bits per heavy atom. The van der Waals surface area contributed by atoms with Gasteiger partial charge in [0.1, 0.15) is 0 Å². The second kappa shape index (κ2) is 5.71. The maximum absolute atomic E-state index is 12.7. The number of rotatable bonds is 2. The van der Waals surface area contributed by atoms with Crippen molar-refractivity contribution in [1.29, 1.82) is 5.26 Å². The van der Waals surface area contributed by atoms with Gasteiger partial charge in [-0.25, -0.2) is 0 Å². The molecule has 0 aromatic heterocycles. The number of alkyl halides is 3. The molecule has 1 N–H and O–H groups in total. The summed E-state index contributed by atoms with van der Waals surface area (Å²) in [5.74, 6) is 0. The Kier molecular flexibility index (Phi) is 4.18. The molecule has 0 fully saturated rings. The van der Waals surface area contributed by atoms with Crippen molar-refractivity contribution in [3.05, 3.63) is 57.2 Å². The van der Waals surface area contributed by atoms with Crippen molar-refractivity contribution in [2.45, 2.75) is 6.18 Å². The molecule has 0 aliphatic rings. The molecule has 0 amide bonds. The van der Waals surface area contributed by atoms with Crippen LogP contribution in [0.3, 0.4) is 0 Å². The van der Waals surface area contributed by atoms with Crippen LogP contribution in [0.1, 0.15) is 11.1 Å². The monoisotopic (exact) mass is 388 g/mol. The standard InChI is InChI=1S/C14H8F3IN2/c15-14(16,17)13-5-4-12(6-9(13)8-19)20-11-3-1-2-10(18)7-11/h1-7,20H. The quantitative estimate of drug-likeness (QED) is 0.742. The SMILES string of the molecule is N#Cc1cc(Nc2cccc(I)c2)ccc1C(F)(F)F. The van der Waals surface area contributed by atoms with E-state index in [1.54, 1.807) is 12.1 Å². The molecule has 0 atom stereocenters. The van der Waals surface area contributed by atoms with Crippen LogP contribution in [0, 0.1) is 14.9 Å². The Bertz CT molecular complexity index is 675. The third-order valence-corrected chi connectivity index (χ3v) is 3.23. The Labute approximate surface area is 127 Å². The smallest absolute Gasteiger partial charge is 0.355 e. The summed E-state index contributed by atoms with van der Waals surface area (Å²) in [7, 11) is 0.